The van der Waals surface area contributed by atoms with E-state index in [4.69, 9.17) is 9.47 Å². The first kappa shape index (κ1) is 20.1. The largest absolute Gasteiger partial charge is 0.486 e. The molecule has 0 aliphatic carbocycles. The van der Waals surface area contributed by atoms with E-state index in [1.165, 1.54) is 0 Å². The molecule has 4 rings (SSSR count). The third kappa shape index (κ3) is 4.67. The molecule has 7 nitrogen and oxygen atoms in total. The number of ether oxygens (including phenoxy) is 2. The van der Waals surface area contributed by atoms with E-state index < -0.39 is 0 Å². The molecule has 2 aliphatic heterocycles. The third-order valence-corrected chi connectivity index (χ3v) is 5.58. The number of urea groups is 1. The molecule has 0 spiro atoms. The molecule has 0 unspecified atom stereocenters. The fourth-order valence-electron chi connectivity index (χ4n) is 3.91. The van der Waals surface area contributed by atoms with Gasteiger partial charge in [-0.05, 0) is 37.1 Å². The quantitative estimate of drug-likeness (QED) is 0.842. The van der Waals surface area contributed by atoms with Crippen LogP contribution in [0.15, 0.2) is 54.6 Å². The van der Waals surface area contributed by atoms with E-state index in [0.29, 0.717) is 44.8 Å². The van der Waals surface area contributed by atoms with E-state index in [0.717, 1.165) is 11.4 Å². The Kier molecular flexibility index (Phi) is 6.07. The van der Waals surface area contributed by atoms with Gasteiger partial charge in [-0.15, -0.1) is 0 Å². The smallest absolute Gasteiger partial charge is 0.321 e. The van der Waals surface area contributed by atoms with Gasteiger partial charge in [0.05, 0.1) is 6.54 Å². The lowest BCUT2D eigenvalue weighted by Gasteiger charge is -2.34. The Hall–Kier alpha value is -3.22. The summed E-state index contributed by atoms with van der Waals surface area (Å²) in [5.41, 5.74) is 0.775. The van der Waals surface area contributed by atoms with E-state index in [-0.39, 0.29) is 24.0 Å². The number of fused-ring (bicyclic) bond motifs is 1. The molecule has 2 aliphatic rings. The number of amides is 3. The van der Waals surface area contributed by atoms with E-state index in [1.54, 1.807) is 16.8 Å². The SMILES string of the molecule is CN(C[C@H]1COc2ccccc2O1)C(=O)C1CCN(C(=O)Nc2ccccc2)CC1. The van der Waals surface area contributed by atoms with Crippen LogP contribution in [0.2, 0.25) is 0 Å². The van der Waals surface area contributed by atoms with E-state index in [2.05, 4.69) is 5.32 Å². The van der Waals surface area contributed by atoms with E-state index in [1.807, 2.05) is 54.6 Å². The predicted octanol–water partition coefficient (Wildman–Crippen LogP) is 3.23. The van der Waals surface area contributed by atoms with Gasteiger partial charge < -0.3 is 24.6 Å². The molecule has 2 heterocycles. The minimum Gasteiger partial charge on any atom is -0.486 e. The number of anilines is 1. The first-order chi connectivity index (χ1) is 14.6. The zero-order chi connectivity index (χ0) is 20.9. The van der Waals surface area contributed by atoms with Crippen LogP contribution in [0.1, 0.15) is 12.8 Å². The highest BCUT2D eigenvalue weighted by Crippen LogP contribution is 2.31. The van der Waals surface area contributed by atoms with Crippen LogP contribution < -0.4 is 14.8 Å². The van der Waals surface area contributed by atoms with Crippen molar-refractivity contribution >= 4 is 17.6 Å². The van der Waals surface area contributed by atoms with Gasteiger partial charge in [-0.3, -0.25) is 4.79 Å². The number of carbonyl (C=O) groups is 2. The summed E-state index contributed by atoms with van der Waals surface area (Å²) in [6.07, 6.45) is 1.14. The maximum Gasteiger partial charge on any atom is 0.321 e. The third-order valence-electron chi connectivity index (χ3n) is 5.58. The zero-order valence-electron chi connectivity index (χ0n) is 17.1. The second kappa shape index (κ2) is 9.07. The van der Waals surface area contributed by atoms with E-state index in [9.17, 15) is 9.59 Å². The molecule has 0 bridgehead atoms. The van der Waals surface area contributed by atoms with Crippen LogP contribution in [0.4, 0.5) is 10.5 Å². The fraction of sp³-hybridized carbons (Fsp3) is 0.391. The number of piperidine rings is 1. The van der Waals surface area contributed by atoms with Crippen LogP contribution in [-0.4, -0.2) is 61.1 Å². The number of likely N-dealkylation sites (tertiary alicyclic amines) is 1. The van der Waals surface area contributed by atoms with Crippen molar-refractivity contribution in [3.05, 3.63) is 54.6 Å². The van der Waals surface area contributed by atoms with Gasteiger partial charge in [-0.25, -0.2) is 4.79 Å². The Morgan fingerprint density at radius 1 is 1.03 bits per heavy atom. The number of nitrogens with one attached hydrogen (secondary N) is 1. The molecule has 2 aromatic carbocycles. The Labute approximate surface area is 176 Å². The highest BCUT2D eigenvalue weighted by molar-refractivity contribution is 5.89. The zero-order valence-corrected chi connectivity index (χ0v) is 17.1. The Bertz CT molecular complexity index is 881. The second-order valence-electron chi connectivity index (χ2n) is 7.77. The number of hydrogen-bond acceptors (Lipinski definition) is 4. The number of nitrogens with zero attached hydrogens (tertiary/aromatic N) is 2. The van der Waals surface area contributed by atoms with Crippen molar-refractivity contribution < 1.29 is 19.1 Å². The summed E-state index contributed by atoms with van der Waals surface area (Å²) < 4.78 is 11.7. The van der Waals surface area contributed by atoms with E-state index >= 15 is 0 Å². The summed E-state index contributed by atoms with van der Waals surface area (Å²) in [6, 6.07) is 16.8. The topological polar surface area (TPSA) is 71.1 Å². The van der Waals surface area contributed by atoms with Gasteiger partial charge in [0.25, 0.3) is 0 Å². The van der Waals surface area contributed by atoms with Gasteiger partial charge >= 0.3 is 6.03 Å². The molecule has 1 N–H and O–H groups in total. The summed E-state index contributed by atoms with van der Waals surface area (Å²) >= 11 is 0. The van der Waals surface area contributed by atoms with Crippen LogP contribution in [0.5, 0.6) is 11.5 Å². The van der Waals surface area contributed by atoms with Crippen molar-refractivity contribution in [3.8, 4) is 11.5 Å². The molecule has 7 heteroatoms. The highest BCUT2D eigenvalue weighted by atomic mass is 16.6. The lowest BCUT2D eigenvalue weighted by molar-refractivity contribution is -0.136. The molecule has 30 heavy (non-hydrogen) atoms. The maximum atomic E-state index is 12.9. The molecule has 2 aromatic rings. The van der Waals surface area contributed by atoms with Gasteiger partial charge in [0.2, 0.25) is 5.91 Å². The first-order valence-corrected chi connectivity index (χ1v) is 10.3. The molecular weight excluding hydrogens is 382 g/mol. The van der Waals surface area contributed by atoms with Gasteiger partial charge in [-0.2, -0.15) is 0 Å². The molecule has 3 amide bonds. The lowest BCUT2D eigenvalue weighted by Crippen LogP contribution is -2.47. The second-order valence-corrected chi connectivity index (χ2v) is 7.77. The molecule has 0 saturated carbocycles. The Morgan fingerprint density at radius 3 is 2.43 bits per heavy atom. The molecule has 1 atom stereocenters. The minimum absolute atomic E-state index is 0.0763. The lowest BCUT2D eigenvalue weighted by atomic mass is 9.95. The summed E-state index contributed by atoms with van der Waals surface area (Å²) in [7, 11) is 1.81. The number of carbonyl (C=O) groups excluding carboxylic acids is 2. The molecular formula is C23H27N3O4. The molecule has 1 fully saturated rings. The summed E-state index contributed by atoms with van der Waals surface area (Å²) in [6.45, 7) is 2.03. The number of hydrogen-bond donors (Lipinski definition) is 1. The van der Waals surface area contributed by atoms with Crippen molar-refractivity contribution in [2.45, 2.75) is 18.9 Å². The van der Waals surface area contributed by atoms with Gasteiger partial charge in [0.1, 0.15) is 6.61 Å². The standard InChI is InChI=1S/C23H27N3O4/c1-25(15-19-16-29-20-9-5-6-10-21(20)30-19)22(27)17-11-13-26(14-12-17)23(28)24-18-7-3-2-4-8-18/h2-10,17,19H,11-16H2,1H3,(H,24,28)/t19-/m0/s1. The Balaban J connectivity index is 1.24. The number of likely N-dealkylation sites (N-methyl/N-ethyl adjacent to an activating group) is 1. The van der Waals surface area contributed by atoms with Crippen molar-refractivity contribution in [1.82, 2.24) is 9.80 Å². The predicted molar refractivity (Wildman–Crippen MR) is 114 cm³/mol. The average molecular weight is 409 g/mol. The number of benzene rings is 2. The summed E-state index contributed by atoms with van der Waals surface area (Å²) in [4.78, 5) is 28.8. The van der Waals surface area contributed by atoms with Crippen LogP contribution in [0.25, 0.3) is 0 Å². The van der Waals surface area contributed by atoms with Crippen molar-refractivity contribution in [2.75, 3.05) is 38.6 Å². The maximum absolute atomic E-state index is 12.9. The van der Waals surface area contributed by atoms with Crippen LogP contribution in [0, 0.1) is 5.92 Å². The normalized spacial score (nSPS) is 18.6. The van der Waals surface area contributed by atoms with Crippen molar-refractivity contribution in [1.29, 1.82) is 0 Å². The van der Waals surface area contributed by atoms with Crippen LogP contribution in [-0.2, 0) is 4.79 Å². The highest BCUT2D eigenvalue weighted by Gasteiger charge is 2.31. The first-order valence-electron chi connectivity index (χ1n) is 10.3. The summed E-state index contributed by atoms with van der Waals surface area (Å²) in [5.74, 6) is 1.48. The van der Waals surface area contributed by atoms with Crippen molar-refractivity contribution in [3.63, 3.8) is 0 Å². The van der Waals surface area contributed by atoms with Crippen LogP contribution >= 0.6 is 0 Å². The van der Waals surface area contributed by atoms with Gasteiger partial charge in [0.15, 0.2) is 17.6 Å². The number of rotatable bonds is 4. The molecule has 0 radical (unpaired) electrons. The molecule has 1 saturated heterocycles. The van der Waals surface area contributed by atoms with Crippen molar-refractivity contribution in [2.24, 2.45) is 5.92 Å². The van der Waals surface area contributed by atoms with Gasteiger partial charge in [-0.1, -0.05) is 30.3 Å². The average Bonchev–Trinajstić information content (AvgIpc) is 2.79. The fourth-order valence-corrected chi connectivity index (χ4v) is 3.91. The summed E-state index contributed by atoms with van der Waals surface area (Å²) in [5, 5.41) is 2.90. The molecule has 158 valence electrons. The Morgan fingerprint density at radius 2 is 1.70 bits per heavy atom. The number of para-hydroxylation sites is 3. The van der Waals surface area contributed by atoms with Crippen LogP contribution in [0.3, 0.4) is 0 Å². The monoisotopic (exact) mass is 409 g/mol. The minimum atomic E-state index is -0.189. The molecule has 0 aromatic heterocycles. The van der Waals surface area contributed by atoms with Gasteiger partial charge in [0, 0.05) is 31.7 Å².